The second kappa shape index (κ2) is 6.21. The highest BCUT2D eigenvalue weighted by atomic mass is 79.9. The second-order valence-electron chi connectivity index (χ2n) is 5.05. The number of halogens is 1. The number of hydrogen-bond donors (Lipinski definition) is 0. The van der Waals surface area contributed by atoms with Gasteiger partial charge in [-0.05, 0) is 43.5 Å². The summed E-state index contributed by atoms with van der Waals surface area (Å²) in [5.74, 6) is -0.0298. The van der Waals surface area contributed by atoms with E-state index in [0.29, 0.717) is 5.56 Å². The molecule has 0 N–H and O–H groups in total. The van der Waals surface area contributed by atoms with Crippen LogP contribution in [0, 0.1) is 18.3 Å². The lowest BCUT2D eigenvalue weighted by Gasteiger charge is -2.26. The van der Waals surface area contributed by atoms with Crippen LogP contribution in [0.25, 0.3) is 0 Å². The number of benzene rings is 1. The molecular weight excluding hydrogens is 304 g/mol. The summed E-state index contributed by atoms with van der Waals surface area (Å²) < 4.78 is 0.902. The van der Waals surface area contributed by atoms with Gasteiger partial charge in [0.2, 0.25) is 0 Å². The fourth-order valence-electron chi connectivity index (χ4n) is 2.68. The molecule has 19 heavy (non-hydrogen) atoms. The van der Waals surface area contributed by atoms with Gasteiger partial charge in [-0.3, -0.25) is 4.79 Å². The lowest BCUT2D eigenvalue weighted by molar-refractivity contribution is 0.0709. The van der Waals surface area contributed by atoms with E-state index >= 15 is 0 Å². The molecule has 2 rings (SSSR count). The van der Waals surface area contributed by atoms with Gasteiger partial charge in [0.1, 0.15) is 6.54 Å². The third kappa shape index (κ3) is 3.36. The van der Waals surface area contributed by atoms with Crippen LogP contribution < -0.4 is 0 Å². The number of nitrogens with zero attached hydrogens (tertiary/aromatic N) is 2. The normalized spacial score (nSPS) is 15.2. The molecule has 1 aromatic rings. The van der Waals surface area contributed by atoms with Gasteiger partial charge < -0.3 is 4.90 Å². The van der Waals surface area contributed by atoms with E-state index in [0.717, 1.165) is 35.7 Å². The van der Waals surface area contributed by atoms with Gasteiger partial charge in [0, 0.05) is 16.1 Å². The lowest BCUT2D eigenvalue weighted by Crippen LogP contribution is -2.39. The summed E-state index contributed by atoms with van der Waals surface area (Å²) in [7, 11) is 0. The Morgan fingerprint density at radius 3 is 2.68 bits per heavy atom. The van der Waals surface area contributed by atoms with E-state index in [9.17, 15) is 4.79 Å². The molecule has 0 aromatic heterocycles. The molecule has 0 heterocycles. The highest BCUT2D eigenvalue weighted by Crippen LogP contribution is 2.25. The van der Waals surface area contributed by atoms with Crippen LogP contribution in [0.2, 0.25) is 0 Å². The Morgan fingerprint density at radius 2 is 2.11 bits per heavy atom. The van der Waals surface area contributed by atoms with Crippen LogP contribution in [0.15, 0.2) is 22.7 Å². The first-order valence-corrected chi connectivity index (χ1v) is 7.36. The maximum Gasteiger partial charge on any atom is 0.255 e. The van der Waals surface area contributed by atoms with Crippen LogP contribution in [0.5, 0.6) is 0 Å². The predicted octanol–water partition coefficient (Wildman–Crippen LogP) is 3.67. The number of rotatable bonds is 3. The third-order valence-electron chi connectivity index (χ3n) is 3.56. The molecule has 3 nitrogen and oxygen atoms in total. The van der Waals surface area contributed by atoms with E-state index in [1.807, 2.05) is 25.1 Å². The van der Waals surface area contributed by atoms with Crippen molar-refractivity contribution < 1.29 is 4.79 Å². The van der Waals surface area contributed by atoms with Crippen LogP contribution in [0.1, 0.15) is 41.6 Å². The largest absolute Gasteiger partial charge is 0.322 e. The summed E-state index contributed by atoms with van der Waals surface area (Å²) in [6.45, 7) is 2.14. The Balaban J connectivity index is 2.25. The molecule has 0 unspecified atom stereocenters. The van der Waals surface area contributed by atoms with Gasteiger partial charge in [-0.15, -0.1) is 0 Å². The molecule has 0 atom stereocenters. The average molecular weight is 321 g/mol. The summed E-state index contributed by atoms with van der Waals surface area (Å²) in [5, 5.41) is 8.95. The monoisotopic (exact) mass is 320 g/mol. The van der Waals surface area contributed by atoms with E-state index in [1.165, 1.54) is 0 Å². The molecule has 1 fully saturated rings. The maximum absolute atomic E-state index is 12.6. The van der Waals surface area contributed by atoms with Crippen molar-refractivity contribution in [2.45, 2.75) is 38.6 Å². The van der Waals surface area contributed by atoms with Crippen molar-refractivity contribution in [2.75, 3.05) is 6.54 Å². The molecule has 100 valence electrons. The fraction of sp³-hybridized carbons (Fsp3) is 0.467. The molecule has 1 aliphatic rings. The first-order valence-electron chi connectivity index (χ1n) is 6.57. The standard InChI is InChI=1S/C15H17BrN2O/c1-11-8-12(10-13(16)9-11)15(19)18(7-6-17)14-4-2-3-5-14/h8-10,14H,2-5,7H2,1H3. The fourth-order valence-corrected chi connectivity index (χ4v) is 3.29. The Kier molecular flexibility index (Phi) is 4.60. The summed E-state index contributed by atoms with van der Waals surface area (Å²) in [5.41, 5.74) is 1.70. The highest BCUT2D eigenvalue weighted by molar-refractivity contribution is 9.10. The van der Waals surface area contributed by atoms with E-state index in [4.69, 9.17) is 5.26 Å². The molecule has 1 aliphatic carbocycles. The Bertz CT molecular complexity index is 495. The Morgan fingerprint density at radius 1 is 1.42 bits per heavy atom. The number of hydrogen-bond acceptors (Lipinski definition) is 2. The van der Waals surface area contributed by atoms with Crippen molar-refractivity contribution in [3.63, 3.8) is 0 Å². The van der Waals surface area contributed by atoms with Crippen LogP contribution >= 0.6 is 15.9 Å². The number of carbonyl (C=O) groups is 1. The molecule has 0 spiro atoms. The van der Waals surface area contributed by atoms with E-state index in [2.05, 4.69) is 22.0 Å². The molecule has 0 radical (unpaired) electrons. The first-order chi connectivity index (χ1) is 9.11. The quantitative estimate of drug-likeness (QED) is 0.797. The first kappa shape index (κ1) is 14.1. The molecular formula is C15H17BrN2O. The predicted molar refractivity (Wildman–Crippen MR) is 77.8 cm³/mol. The molecule has 0 aliphatic heterocycles. The van der Waals surface area contributed by atoms with Gasteiger partial charge >= 0.3 is 0 Å². The van der Waals surface area contributed by atoms with E-state index in [-0.39, 0.29) is 18.5 Å². The smallest absolute Gasteiger partial charge is 0.255 e. The third-order valence-corrected chi connectivity index (χ3v) is 4.01. The van der Waals surface area contributed by atoms with E-state index in [1.54, 1.807) is 4.90 Å². The van der Waals surface area contributed by atoms with Crippen molar-refractivity contribution in [1.82, 2.24) is 4.90 Å². The van der Waals surface area contributed by atoms with Gasteiger partial charge in [0.25, 0.3) is 5.91 Å². The van der Waals surface area contributed by atoms with Crippen LogP contribution in [-0.4, -0.2) is 23.4 Å². The van der Waals surface area contributed by atoms with Gasteiger partial charge in [0.05, 0.1) is 6.07 Å². The topological polar surface area (TPSA) is 44.1 Å². The Labute approximate surface area is 122 Å². The van der Waals surface area contributed by atoms with Gasteiger partial charge in [0.15, 0.2) is 0 Å². The minimum Gasteiger partial charge on any atom is -0.322 e. The molecule has 1 amide bonds. The number of carbonyl (C=O) groups excluding carboxylic acids is 1. The van der Waals surface area contributed by atoms with Gasteiger partial charge in [-0.2, -0.15) is 5.26 Å². The zero-order valence-corrected chi connectivity index (χ0v) is 12.6. The van der Waals surface area contributed by atoms with Gasteiger partial charge in [-0.25, -0.2) is 0 Å². The summed E-state index contributed by atoms with van der Waals surface area (Å²) in [6, 6.07) is 8.03. The lowest BCUT2D eigenvalue weighted by atomic mass is 10.1. The van der Waals surface area contributed by atoms with Crippen molar-refractivity contribution in [1.29, 1.82) is 5.26 Å². The number of aryl methyl sites for hydroxylation is 1. The highest BCUT2D eigenvalue weighted by Gasteiger charge is 2.27. The zero-order chi connectivity index (χ0) is 13.8. The summed E-state index contributed by atoms with van der Waals surface area (Å²) >= 11 is 3.42. The molecule has 0 bridgehead atoms. The van der Waals surface area contributed by atoms with Crippen molar-refractivity contribution >= 4 is 21.8 Å². The molecule has 4 heteroatoms. The number of nitriles is 1. The summed E-state index contributed by atoms with van der Waals surface area (Å²) in [4.78, 5) is 14.3. The van der Waals surface area contributed by atoms with Crippen molar-refractivity contribution in [2.24, 2.45) is 0 Å². The molecule has 1 saturated carbocycles. The minimum atomic E-state index is -0.0298. The second-order valence-corrected chi connectivity index (χ2v) is 5.96. The average Bonchev–Trinajstić information content (AvgIpc) is 2.87. The minimum absolute atomic E-state index is 0.0298. The van der Waals surface area contributed by atoms with Crippen LogP contribution in [0.3, 0.4) is 0 Å². The molecule has 0 saturated heterocycles. The Hall–Kier alpha value is -1.34. The van der Waals surface area contributed by atoms with Crippen LogP contribution in [-0.2, 0) is 0 Å². The SMILES string of the molecule is Cc1cc(Br)cc(C(=O)N(CC#N)C2CCCC2)c1. The van der Waals surface area contributed by atoms with E-state index < -0.39 is 0 Å². The zero-order valence-electron chi connectivity index (χ0n) is 11.0. The number of amides is 1. The summed E-state index contributed by atoms with van der Waals surface area (Å²) in [6.07, 6.45) is 4.33. The van der Waals surface area contributed by atoms with Crippen LogP contribution in [0.4, 0.5) is 0 Å². The van der Waals surface area contributed by atoms with Gasteiger partial charge in [-0.1, -0.05) is 28.8 Å². The molecule has 1 aromatic carbocycles. The van der Waals surface area contributed by atoms with Crippen molar-refractivity contribution in [3.05, 3.63) is 33.8 Å². The van der Waals surface area contributed by atoms with Crippen molar-refractivity contribution in [3.8, 4) is 6.07 Å². The maximum atomic E-state index is 12.6.